The molecule has 3 aromatic heterocycles. The van der Waals surface area contributed by atoms with Crippen molar-refractivity contribution >= 4 is 17.4 Å². The highest BCUT2D eigenvalue weighted by Crippen LogP contribution is 2.18. The van der Waals surface area contributed by atoms with E-state index >= 15 is 0 Å². The monoisotopic (exact) mass is 299 g/mol. The van der Waals surface area contributed by atoms with Crippen LogP contribution >= 0.6 is 0 Å². The Hall–Kier alpha value is -2.97. The molecule has 0 bridgehead atoms. The van der Waals surface area contributed by atoms with Crippen LogP contribution < -0.4 is 10.2 Å². The lowest BCUT2D eigenvalue weighted by Crippen LogP contribution is -2.37. The second-order valence-electron chi connectivity index (χ2n) is 5.11. The lowest BCUT2D eigenvalue weighted by atomic mass is 10.2. The van der Waals surface area contributed by atoms with Gasteiger partial charge in [-0.05, 0) is 18.6 Å². The number of carbonyl (C=O) groups is 1. The quantitative estimate of drug-likeness (QED) is 0.733. The Morgan fingerprint density at radius 3 is 3.18 bits per heavy atom. The van der Waals surface area contributed by atoms with E-state index in [-0.39, 0.29) is 17.7 Å². The molecule has 1 aliphatic rings. The lowest BCUT2D eigenvalue weighted by molar-refractivity contribution is 0.0903. The summed E-state index contributed by atoms with van der Waals surface area (Å²) in [6.07, 6.45) is 3.87. The van der Waals surface area contributed by atoms with Crippen LogP contribution in [0.2, 0.25) is 0 Å². The zero-order valence-electron chi connectivity index (χ0n) is 11.6. The van der Waals surface area contributed by atoms with Crippen molar-refractivity contribution in [1.29, 1.82) is 0 Å². The van der Waals surface area contributed by atoms with E-state index in [2.05, 4.69) is 30.7 Å². The SMILES string of the molecule is O=C(N[C@H]1CCN(c2ccc3nncn3n2)C1)c1ccno1. The molecule has 1 saturated heterocycles. The number of hydrogen-bond donors (Lipinski definition) is 1. The van der Waals surface area contributed by atoms with E-state index in [1.54, 1.807) is 16.9 Å². The molecule has 9 heteroatoms. The maximum atomic E-state index is 11.9. The molecule has 112 valence electrons. The second-order valence-corrected chi connectivity index (χ2v) is 5.11. The summed E-state index contributed by atoms with van der Waals surface area (Å²) in [5.41, 5.74) is 0.707. The third-order valence-corrected chi connectivity index (χ3v) is 3.66. The maximum absolute atomic E-state index is 11.9. The Morgan fingerprint density at radius 1 is 1.36 bits per heavy atom. The van der Waals surface area contributed by atoms with Gasteiger partial charge < -0.3 is 14.7 Å². The van der Waals surface area contributed by atoms with Gasteiger partial charge in [-0.25, -0.2) is 0 Å². The molecule has 3 aromatic rings. The van der Waals surface area contributed by atoms with Crippen LogP contribution in [0.15, 0.2) is 35.2 Å². The zero-order valence-corrected chi connectivity index (χ0v) is 11.6. The first-order valence-electron chi connectivity index (χ1n) is 6.93. The molecule has 1 amide bonds. The molecule has 0 aliphatic carbocycles. The Kier molecular flexibility index (Phi) is 2.95. The van der Waals surface area contributed by atoms with Crippen LogP contribution in [-0.4, -0.2) is 50.0 Å². The summed E-state index contributed by atoms with van der Waals surface area (Å²) in [4.78, 5) is 14.1. The number of carbonyl (C=O) groups excluding carboxylic acids is 1. The molecular formula is C13H13N7O2. The topological polar surface area (TPSA) is 101 Å². The number of amides is 1. The van der Waals surface area contributed by atoms with E-state index in [0.29, 0.717) is 12.2 Å². The molecule has 9 nitrogen and oxygen atoms in total. The average Bonchev–Trinajstić information content (AvgIpc) is 3.27. The van der Waals surface area contributed by atoms with Gasteiger partial charge in [0.2, 0.25) is 5.76 Å². The standard InChI is InChI=1S/C13H13N7O2/c21-13(10-3-5-15-22-10)16-9-4-6-19(7-9)12-2-1-11-17-14-8-20(11)18-12/h1-3,5,8-9H,4,6-7H2,(H,16,21)/t9-/m0/s1. The minimum atomic E-state index is -0.244. The van der Waals surface area contributed by atoms with Crippen molar-refractivity contribution in [1.82, 2.24) is 30.3 Å². The van der Waals surface area contributed by atoms with Gasteiger partial charge in [0, 0.05) is 25.2 Å². The number of nitrogens with zero attached hydrogens (tertiary/aromatic N) is 6. The molecular weight excluding hydrogens is 286 g/mol. The first-order chi connectivity index (χ1) is 10.8. The highest BCUT2D eigenvalue weighted by molar-refractivity contribution is 5.91. The van der Waals surface area contributed by atoms with E-state index in [1.807, 2.05) is 12.1 Å². The van der Waals surface area contributed by atoms with Crippen LogP contribution in [0, 0.1) is 0 Å². The first kappa shape index (κ1) is 12.7. The minimum Gasteiger partial charge on any atom is -0.353 e. The predicted octanol–water partition coefficient (Wildman–Crippen LogP) is 0.121. The largest absolute Gasteiger partial charge is 0.353 e. The zero-order chi connectivity index (χ0) is 14.9. The average molecular weight is 299 g/mol. The summed E-state index contributed by atoms with van der Waals surface area (Å²) < 4.78 is 6.49. The fraction of sp³-hybridized carbons (Fsp3) is 0.308. The predicted molar refractivity (Wildman–Crippen MR) is 75.4 cm³/mol. The fourth-order valence-electron chi connectivity index (χ4n) is 2.56. The minimum absolute atomic E-state index is 0.0519. The lowest BCUT2D eigenvalue weighted by Gasteiger charge is -2.17. The van der Waals surface area contributed by atoms with Crippen LogP contribution in [0.5, 0.6) is 0 Å². The normalized spacial score (nSPS) is 18.0. The van der Waals surface area contributed by atoms with Crippen molar-refractivity contribution < 1.29 is 9.32 Å². The van der Waals surface area contributed by atoms with Crippen molar-refractivity contribution in [2.24, 2.45) is 0 Å². The van der Waals surface area contributed by atoms with Gasteiger partial charge >= 0.3 is 0 Å². The molecule has 1 atom stereocenters. The van der Waals surface area contributed by atoms with Crippen molar-refractivity contribution in [2.75, 3.05) is 18.0 Å². The molecule has 0 spiro atoms. The molecule has 1 aliphatic heterocycles. The summed E-state index contributed by atoms with van der Waals surface area (Å²) >= 11 is 0. The molecule has 4 rings (SSSR count). The van der Waals surface area contributed by atoms with Gasteiger partial charge in [-0.2, -0.15) is 4.52 Å². The summed E-state index contributed by atoms with van der Waals surface area (Å²) in [6.45, 7) is 1.52. The van der Waals surface area contributed by atoms with E-state index in [4.69, 9.17) is 4.52 Å². The van der Waals surface area contributed by atoms with E-state index < -0.39 is 0 Å². The molecule has 22 heavy (non-hydrogen) atoms. The Balaban J connectivity index is 1.44. The van der Waals surface area contributed by atoms with Crippen molar-refractivity contribution in [3.8, 4) is 0 Å². The summed E-state index contributed by atoms with van der Waals surface area (Å²) in [6, 6.07) is 5.38. The number of rotatable bonds is 3. The van der Waals surface area contributed by atoms with Crippen LogP contribution in [0.4, 0.5) is 5.82 Å². The Labute approximate surface area is 124 Å². The number of anilines is 1. The van der Waals surface area contributed by atoms with E-state index in [1.165, 1.54) is 6.20 Å². The van der Waals surface area contributed by atoms with Crippen molar-refractivity contribution in [3.63, 3.8) is 0 Å². The smallest absolute Gasteiger partial charge is 0.290 e. The Morgan fingerprint density at radius 2 is 2.32 bits per heavy atom. The van der Waals surface area contributed by atoms with Crippen molar-refractivity contribution in [2.45, 2.75) is 12.5 Å². The van der Waals surface area contributed by atoms with Gasteiger partial charge in [-0.15, -0.1) is 15.3 Å². The van der Waals surface area contributed by atoms with Gasteiger partial charge in [-0.1, -0.05) is 5.16 Å². The van der Waals surface area contributed by atoms with Gasteiger partial charge in [0.25, 0.3) is 5.91 Å². The van der Waals surface area contributed by atoms with Crippen molar-refractivity contribution in [3.05, 3.63) is 36.5 Å². The van der Waals surface area contributed by atoms with Gasteiger partial charge in [0.15, 0.2) is 5.65 Å². The van der Waals surface area contributed by atoms with Gasteiger partial charge in [0.05, 0.1) is 6.20 Å². The molecule has 1 fully saturated rings. The number of aromatic nitrogens is 5. The third kappa shape index (κ3) is 2.26. The number of fused-ring (bicyclic) bond motifs is 1. The highest BCUT2D eigenvalue weighted by Gasteiger charge is 2.26. The van der Waals surface area contributed by atoms with Gasteiger partial charge in [-0.3, -0.25) is 4.79 Å². The fourth-order valence-corrected chi connectivity index (χ4v) is 2.56. The second kappa shape index (κ2) is 5.10. The van der Waals surface area contributed by atoms with E-state index in [9.17, 15) is 4.79 Å². The summed E-state index contributed by atoms with van der Waals surface area (Å²) in [5, 5.41) is 18.7. The molecule has 0 unspecified atom stereocenters. The van der Waals surface area contributed by atoms with Crippen LogP contribution in [0.25, 0.3) is 5.65 Å². The molecule has 4 heterocycles. The molecule has 0 aromatic carbocycles. The molecule has 0 radical (unpaired) electrons. The summed E-state index contributed by atoms with van der Waals surface area (Å²) in [5.74, 6) is 0.817. The third-order valence-electron chi connectivity index (χ3n) is 3.66. The first-order valence-corrected chi connectivity index (χ1v) is 6.93. The van der Waals surface area contributed by atoms with Crippen LogP contribution in [0.3, 0.4) is 0 Å². The summed E-state index contributed by atoms with van der Waals surface area (Å²) in [7, 11) is 0. The Bertz CT molecular complexity index is 798. The molecule has 1 N–H and O–H groups in total. The number of hydrogen-bond acceptors (Lipinski definition) is 7. The number of nitrogens with one attached hydrogen (secondary N) is 1. The van der Waals surface area contributed by atoms with Crippen LogP contribution in [0.1, 0.15) is 17.0 Å². The highest BCUT2D eigenvalue weighted by atomic mass is 16.5. The van der Waals surface area contributed by atoms with Gasteiger partial charge in [0.1, 0.15) is 12.1 Å². The maximum Gasteiger partial charge on any atom is 0.290 e. The van der Waals surface area contributed by atoms with Crippen LogP contribution in [-0.2, 0) is 0 Å². The molecule has 0 saturated carbocycles. The van der Waals surface area contributed by atoms with E-state index in [0.717, 1.165) is 18.8 Å².